The molecule has 1 atom stereocenters. The molecule has 24 heavy (non-hydrogen) atoms. The number of aliphatic hydroxyl groups excluding tert-OH is 1. The van der Waals surface area contributed by atoms with Crippen LogP contribution in [-0.2, 0) is 0 Å². The van der Waals surface area contributed by atoms with Crippen LogP contribution in [0.15, 0.2) is 30.6 Å². The van der Waals surface area contributed by atoms with Crippen LogP contribution in [0.4, 0.5) is 5.69 Å². The zero-order valence-corrected chi connectivity index (χ0v) is 14.3. The van der Waals surface area contributed by atoms with E-state index in [1.165, 1.54) is 0 Å². The Hall–Kier alpha value is -1.82. The molecule has 124 valence electrons. The Kier molecular flexibility index (Phi) is 4.08. The van der Waals surface area contributed by atoms with Crippen molar-refractivity contribution in [2.24, 2.45) is 0 Å². The summed E-state index contributed by atoms with van der Waals surface area (Å²) in [5.74, 6) is 0. The summed E-state index contributed by atoms with van der Waals surface area (Å²) in [5, 5.41) is 18.4. The van der Waals surface area contributed by atoms with Gasteiger partial charge in [-0.25, -0.2) is 4.98 Å². The number of nitrogens with one attached hydrogen (secondary N) is 1. The van der Waals surface area contributed by atoms with Crippen LogP contribution < -0.4 is 4.90 Å². The zero-order valence-electron chi connectivity index (χ0n) is 12.8. The summed E-state index contributed by atoms with van der Waals surface area (Å²) in [6, 6.07) is 5.88. The second-order valence-electron chi connectivity index (χ2n) is 5.94. The molecule has 7 heteroatoms. The van der Waals surface area contributed by atoms with Gasteiger partial charge in [-0.3, -0.25) is 5.10 Å². The van der Waals surface area contributed by atoms with E-state index in [-0.39, 0.29) is 12.6 Å². The molecular formula is C17H16Cl2N4O. The van der Waals surface area contributed by atoms with Crippen LogP contribution in [0, 0.1) is 0 Å². The van der Waals surface area contributed by atoms with Crippen molar-refractivity contribution < 1.29 is 5.11 Å². The molecule has 1 saturated heterocycles. The minimum Gasteiger partial charge on any atom is -0.394 e. The van der Waals surface area contributed by atoms with Crippen LogP contribution in [0.3, 0.4) is 0 Å². The number of nitrogens with zero attached hydrogens (tertiary/aromatic N) is 3. The average Bonchev–Trinajstić information content (AvgIpc) is 3.28. The number of anilines is 1. The van der Waals surface area contributed by atoms with Crippen LogP contribution in [0.5, 0.6) is 0 Å². The molecule has 0 radical (unpaired) electrons. The highest BCUT2D eigenvalue weighted by Gasteiger charge is 2.26. The Morgan fingerprint density at radius 2 is 2.21 bits per heavy atom. The number of halogens is 2. The van der Waals surface area contributed by atoms with Crippen molar-refractivity contribution in [1.29, 1.82) is 0 Å². The van der Waals surface area contributed by atoms with E-state index in [2.05, 4.69) is 15.1 Å². The second kappa shape index (κ2) is 6.24. The number of hydrogen-bond donors (Lipinski definition) is 2. The van der Waals surface area contributed by atoms with Gasteiger partial charge in [0.2, 0.25) is 0 Å². The molecule has 2 N–H and O–H groups in total. The lowest BCUT2D eigenvalue weighted by Crippen LogP contribution is -2.32. The zero-order chi connectivity index (χ0) is 16.7. The molecule has 1 fully saturated rings. The Labute approximate surface area is 149 Å². The fourth-order valence-corrected chi connectivity index (χ4v) is 3.69. The third-order valence-electron chi connectivity index (χ3n) is 4.54. The highest BCUT2D eigenvalue weighted by atomic mass is 35.5. The summed E-state index contributed by atoms with van der Waals surface area (Å²) in [7, 11) is 0. The number of H-pyrrole nitrogens is 1. The van der Waals surface area contributed by atoms with E-state index >= 15 is 0 Å². The van der Waals surface area contributed by atoms with Gasteiger partial charge in [0.05, 0.1) is 40.1 Å². The quantitative estimate of drug-likeness (QED) is 0.741. The Morgan fingerprint density at radius 1 is 1.33 bits per heavy atom. The predicted octanol–water partition coefficient (Wildman–Crippen LogP) is 3.89. The van der Waals surface area contributed by atoms with Gasteiger partial charge in [-0.1, -0.05) is 23.2 Å². The summed E-state index contributed by atoms with van der Waals surface area (Å²) in [6.45, 7) is 1.03. The predicted molar refractivity (Wildman–Crippen MR) is 96.8 cm³/mol. The maximum atomic E-state index is 9.70. The van der Waals surface area contributed by atoms with Gasteiger partial charge in [0.15, 0.2) is 0 Å². The van der Waals surface area contributed by atoms with Crippen molar-refractivity contribution in [3.8, 4) is 11.3 Å². The average molecular weight is 363 g/mol. The summed E-state index contributed by atoms with van der Waals surface area (Å²) < 4.78 is 0. The van der Waals surface area contributed by atoms with Gasteiger partial charge in [0.25, 0.3) is 0 Å². The smallest absolute Gasteiger partial charge is 0.0931 e. The lowest BCUT2D eigenvalue weighted by Gasteiger charge is -2.27. The topological polar surface area (TPSA) is 65.0 Å². The molecule has 1 aliphatic heterocycles. The number of pyridine rings is 1. The summed E-state index contributed by atoms with van der Waals surface area (Å²) >= 11 is 12.6. The fourth-order valence-electron chi connectivity index (χ4n) is 3.34. The first-order chi connectivity index (χ1) is 11.7. The second-order valence-corrected chi connectivity index (χ2v) is 6.73. The van der Waals surface area contributed by atoms with Crippen LogP contribution >= 0.6 is 23.2 Å². The molecule has 3 heterocycles. The van der Waals surface area contributed by atoms with Crippen molar-refractivity contribution in [3.05, 3.63) is 40.6 Å². The van der Waals surface area contributed by atoms with Gasteiger partial charge in [-0.05, 0) is 31.0 Å². The molecule has 5 nitrogen and oxygen atoms in total. The molecule has 1 aromatic carbocycles. The van der Waals surface area contributed by atoms with E-state index in [4.69, 9.17) is 28.2 Å². The van der Waals surface area contributed by atoms with E-state index < -0.39 is 0 Å². The van der Waals surface area contributed by atoms with Crippen molar-refractivity contribution in [2.45, 2.75) is 18.9 Å². The van der Waals surface area contributed by atoms with Crippen molar-refractivity contribution in [3.63, 3.8) is 0 Å². The molecule has 0 bridgehead atoms. The van der Waals surface area contributed by atoms with Crippen molar-refractivity contribution in [2.75, 3.05) is 18.1 Å². The number of aromatic nitrogens is 3. The Bertz CT molecular complexity index is 882. The maximum Gasteiger partial charge on any atom is 0.0931 e. The fraction of sp³-hybridized carbons (Fsp3) is 0.294. The molecule has 3 aromatic rings. The number of benzene rings is 1. The summed E-state index contributed by atoms with van der Waals surface area (Å²) in [6.07, 6.45) is 5.55. The molecule has 0 saturated carbocycles. The molecule has 0 unspecified atom stereocenters. The van der Waals surface area contributed by atoms with Gasteiger partial charge in [-0.2, -0.15) is 5.10 Å². The SMILES string of the molecule is OC[C@@H]1CCCN1c1cc(-c2cn[nH]c2)nc2c(Cl)c(Cl)ccc12. The summed E-state index contributed by atoms with van der Waals surface area (Å²) in [5.41, 5.74) is 3.35. The van der Waals surface area contributed by atoms with Crippen molar-refractivity contribution in [1.82, 2.24) is 15.2 Å². The number of aromatic amines is 1. The third kappa shape index (κ3) is 2.53. The first-order valence-corrected chi connectivity index (χ1v) is 8.60. The maximum absolute atomic E-state index is 9.70. The number of rotatable bonds is 3. The van der Waals surface area contributed by atoms with Crippen LogP contribution in [0.2, 0.25) is 10.0 Å². The number of aliphatic hydroxyl groups is 1. The van der Waals surface area contributed by atoms with Gasteiger partial charge in [-0.15, -0.1) is 0 Å². The van der Waals surface area contributed by atoms with Crippen molar-refractivity contribution >= 4 is 39.8 Å². The third-order valence-corrected chi connectivity index (χ3v) is 5.34. The molecule has 0 aliphatic carbocycles. The first kappa shape index (κ1) is 15.7. The monoisotopic (exact) mass is 362 g/mol. The molecule has 0 amide bonds. The van der Waals surface area contributed by atoms with Gasteiger partial charge >= 0.3 is 0 Å². The molecular weight excluding hydrogens is 347 g/mol. The van der Waals surface area contributed by atoms with Crippen LogP contribution in [0.25, 0.3) is 22.2 Å². The number of hydrogen-bond acceptors (Lipinski definition) is 4. The highest BCUT2D eigenvalue weighted by Crippen LogP contribution is 2.39. The van der Waals surface area contributed by atoms with Gasteiger partial charge in [0.1, 0.15) is 0 Å². The van der Waals surface area contributed by atoms with E-state index in [0.29, 0.717) is 15.6 Å². The van der Waals surface area contributed by atoms with E-state index in [1.807, 2.05) is 12.1 Å². The molecule has 1 aliphatic rings. The van der Waals surface area contributed by atoms with E-state index in [0.717, 1.165) is 41.7 Å². The van der Waals surface area contributed by atoms with E-state index in [9.17, 15) is 5.11 Å². The Balaban J connectivity index is 1.98. The van der Waals surface area contributed by atoms with Gasteiger partial charge in [0, 0.05) is 29.4 Å². The summed E-state index contributed by atoms with van der Waals surface area (Å²) in [4.78, 5) is 6.93. The lowest BCUT2D eigenvalue weighted by molar-refractivity contribution is 0.266. The standard InChI is InChI=1S/C17H16Cl2N4O/c18-13-4-3-12-15(23-5-1-2-11(23)9-24)6-14(10-7-20-21-8-10)22-17(12)16(13)19/h3-4,6-8,11,24H,1-2,5,9H2,(H,20,21)/t11-/m0/s1. The molecule has 2 aromatic heterocycles. The minimum atomic E-state index is 0.113. The molecule has 0 spiro atoms. The largest absolute Gasteiger partial charge is 0.394 e. The van der Waals surface area contributed by atoms with Crippen LogP contribution in [-0.4, -0.2) is 39.5 Å². The highest BCUT2D eigenvalue weighted by molar-refractivity contribution is 6.45. The minimum absolute atomic E-state index is 0.113. The first-order valence-electron chi connectivity index (χ1n) is 7.84. The molecule has 4 rings (SSSR count). The van der Waals surface area contributed by atoms with Crippen LogP contribution in [0.1, 0.15) is 12.8 Å². The lowest BCUT2D eigenvalue weighted by atomic mass is 10.1. The number of fused-ring (bicyclic) bond motifs is 1. The van der Waals surface area contributed by atoms with E-state index in [1.54, 1.807) is 18.5 Å². The normalized spacial score (nSPS) is 17.8. The Morgan fingerprint density at radius 3 is 2.96 bits per heavy atom. The van der Waals surface area contributed by atoms with Gasteiger partial charge < -0.3 is 10.0 Å².